The summed E-state index contributed by atoms with van der Waals surface area (Å²) in [5.74, 6) is 1.69. The molecule has 0 aliphatic carbocycles. The molecule has 7 heteroatoms. The molecule has 1 aromatic heterocycles. The van der Waals surface area contributed by atoms with Gasteiger partial charge in [0.25, 0.3) is 0 Å². The fraction of sp³-hybridized carbons (Fsp3) is 0.238. The zero-order valence-electron chi connectivity index (χ0n) is 15.4. The lowest BCUT2D eigenvalue weighted by molar-refractivity contribution is -0.121. The lowest BCUT2D eigenvalue weighted by Gasteiger charge is -2.20. The van der Waals surface area contributed by atoms with Crippen LogP contribution in [0.2, 0.25) is 5.02 Å². The van der Waals surface area contributed by atoms with Crippen molar-refractivity contribution in [1.82, 2.24) is 15.3 Å². The van der Waals surface area contributed by atoms with E-state index < -0.39 is 0 Å². The minimum atomic E-state index is -0.252. The zero-order valence-corrected chi connectivity index (χ0v) is 16.1. The lowest BCUT2D eigenvalue weighted by Crippen LogP contribution is -2.28. The quantitative estimate of drug-likeness (QED) is 0.684. The maximum Gasteiger partial charge on any atom is 0.225 e. The number of halogens is 1. The second kappa shape index (κ2) is 7.94. The van der Waals surface area contributed by atoms with Crippen LogP contribution in [0.3, 0.4) is 0 Å². The molecule has 0 radical (unpaired) electrons. The number of rotatable bonds is 5. The number of hydrogen-bond donors (Lipinski definition) is 2. The van der Waals surface area contributed by atoms with Crippen molar-refractivity contribution in [3.05, 3.63) is 65.1 Å². The standard InChI is InChI=1S/C21H20ClN3O3/c1-13(21-23-12-17(25-21)15-5-3-2-4-6-15)24-19(26)11-14-9-16(22)20-18(10-14)27-7-8-28-20/h2-6,9-10,12-13H,7-8,11H2,1H3,(H,23,25)(H,24,26). The van der Waals surface area contributed by atoms with Crippen LogP contribution in [-0.2, 0) is 11.2 Å². The minimum Gasteiger partial charge on any atom is -0.486 e. The fourth-order valence-corrected chi connectivity index (χ4v) is 3.42. The van der Waals surface area contributed by atoms with E-state index in [0.29, 0.717) is 35.6 Å². The summed E-state index contributed by atoms with van der Waals surface area (Å²) in [6.45, 7) is 2.83. The summed E-state index contributed by atoms with van der Waals surface area (Å²) in [7, 11) is 0. The predicted molar refractivity (Wildman–Crippen MR) is 107 cm³/mol. The van der Waals surface area contributed by atoms with Crippen LogP contribution in [0.25, 0.3) is 11.3 Å². The Morgan fingerprint density at radius 2 is 2.04 bits per heavy atom. The maximum atomic E-state index is 12.5. The number of ether oxygens (including phenoxy) is 2. The Morgan fingerprint density at radius 1 is 1.25 bits per heavy atom. The average molecular weight is 398 g/mol. The molecule has 0 spiro atoms. The van der Waals surface area contributed by atoms with Gasteiger partial charge in [-0.2, -0.15) is 0 Å². The number of hydrogen-bond acceptors (Lipinski definition) is 4. The van der Waals surface area contributed by atoms with E-state index in [2.05, 4.69) is 15.3 Å². The van der Waals surface area contributed by atoms with Crippen molar-refractivity contribution < 1.29 is 14.3 Å². The van der Waals surface area contributed by atoms with Crippen LogP contribution in [0.15, 0.2) is 48.7 Å². The molecule has 2 N–H and O–H groups in total. The number of aromatic amines is 1. The Labute approximate surface area is 167 Å². The van der Waals surface area contributed by atoms with Crippen LogP contribution in [0.5, 0.6) is 11.5 Å². The van der Waals surface area contributed by atoms with Crippen molar-refractivity contribution in [3.63, 3.8) is 0 Å². The van der Waals surface area contributed by atoms with Crippen LogP contribution in [-0.4, -0.2) is 29.1 Å². The number of benzene rings is 2. The number of nitrogens with zero attached hydrogens (tertiary/aromatic N) is 1. The molecule has 144 valence electrons. The summed E-state index contributed by atoms with van der Waals surface area (Å²) in [4.78, 5) is 20.1. The summed E-state index contributed by atoms with van der Waals surface area (Å²) in [5.41, 5.74) is 2.73. The van der Waals surface area contributed by atoms with E-state index in [1.165, 1.54) is 0 Å². The van der Waals surface area contributed by atoms with Gasteiger partial charge in [0, 0.05) is 0 Å². The Morgan fingerprint density at radius 3 is 2.86 bits per heavy atom. The average Bonchev–Trinajstić information content (AvgIpc) is 3.19. The summed E-state index contributed by atoms with van der Waals surface area (Å²) >= 11 is 6.24. The fourth-order valence-electron chi connectivity index (χ4n) is 3.13. The van der Waals surface area contributed by atoms with Gasteiger partial charge in [-0.3, -0.25) is 4.79 Å². The molecule has 2 heterocycles. The number of H-pyrrole nitrogens is 1. The lowest BCUT2D eigenvalue weighted by atomic mass is 10.1. The number of nitrogens with one attached hydrogen (secondary N) is 2. The van der Waals surface area contributed by atoms with Crippen LogP contribution in [0.1, 0.15) is 24.4 Å². The number of aromatic nitrogens is 2. The van der Waals surface area contributed by atoms with Gasteiger partial charge < -0.3 is 19.8 Å². The zero-order chi connectivity index (χ0) is 19.5. The second-order valence-electron chi connectivity index (χ2n) is 6.62. The van der Waals surface area contributed by atoms with Gasteiger partial charge >= 0.3 is 0 Å². The number of amides is 1. The van der Waals surface area contributed by atoms with E-state index >= 15 is 0 Å². The highest BCUT2D eigenvalue weighted by Gasteiger charge is 2.19. The normalized spacial score (nSPS) is 13.8. The number of carbonyl (C=O) groups excluding carboxylic acids is 1. The van der Waals surface area contributed by atoms with Gasteiger partial charge in [0.2, 0.25) is 5.91 Å². The largest absolute Gasteiger partial charge is 0.486 e. The van der Waals surface area contributed by atoms with Crippen molar-refractivity contribution in [1.29, 1.82) is 0 Å². The maximum absolute atomic E-state index is 12.5. The molecule has 1 unspecified atom stereocenters. The molecule has 28 heavy (non-hydrogen) atoms. The SMILES string of the molecule is CC(NC(=O)Cc1cc(Cl)c2c(c1)OCCO2)c1ncc(-c2ccccc2)[nH]1. The summed E-state index contributed by atoms with van der Waals surface area (Å²) in [6.07, 6.45) is 1.96. The van der Waals surface area contributed by atoms with Gasteiger partial charge in [0.05, 0.1) is 29.4 Å². The predicted octanol–water partition coefficient (Wildman–Crippen LogP) is 3.92. The van der Waals surface area contributed by atoms with Crippen LogP contribution in [0.4, 0.5) is 0 Å². The molecule has 1 amide bonds. The molecule has 0 bridgehead atoms. The molecular weight excluding hydrogens is 378 g/mol. The van der Waals surface area contributed by atoms with E-state index in [1.54, 1.807) is 18.3 Å². The highest BCUT2D eigenvalue weighted by Crippen LogP contribution is 2.38. The molecule has 3 aromatic rings. The first kappa shape index (κ1) is 18.4. The Balaban J connectivity index is 1.41. The molecular formula is C21H20ClN3O3. The van der Waals surface area contributed by atoms with E-state index in [1.807, 2.05) is 37.3 Å². The van der Waals surface area contributed by atoms with Gasteiger partial charge in [-0.05, 0) is 30.2 Å². The van der Waals surface area contributed by atoms with Crippen LogP contribution < -0.4 is 14.8 Å². The highest BCUT2D eigenvalue weighted by atomic mass is 35.5. The monoisotopic (exact) mass is 397 g/mol. The topological polar surface area (TPSA) is 76.2 Å². The van der Waals surface area contributed by atoms with Crippen molar-refractivity contribution in [2.75, 3.05) is 13.2 Å². The minimum absolute atomic E-state index is 0.127. The highest BCUT2D eigenvalue weighted by molar-refractivity contribution is 6.32. The van der Waals surface area contributed by atoms with Crippen LogP contribution in [0, 0.1) is 0 Å². The van der Waals surface area contributed by atoms with Gasteiger partial charge in [0.15, 0.2) is 11.5 Å². The summed E-state index contributed by atoms with van der Waals surface area (Å²) in [5, 5.41) is 3.41. The first-order valence-electron chi connectivity index (χ1n) is 9.08. The van der Waals surface area contributed by atoms with Crippen molar-refractivity contribution >= 4 is 17.5 Å². The van der Waals surface area contributed by atoms with E-state index in [4.69, 9.17) is 21.1 Å². The van der Waals surface area contributed by atoms with Crippen LogP contribution >= 0.6 is 11.6 Å². The second-order valence-corrected chi connectivity index (χ2v) is 7.02. The molecule has 0 fully saturated rings. The van der Waals surface area contributed by atoms with E-state index in [-0.39, 0.29) is 18.4 Å². The Bertz CT molecular complexity index is 988. The summed E-state index contributed by atoms with van der Waals surface area (Å²) in [6, 6.07) is 13.2. The van der Waals surface area contributed by atoms with Gasteiger partial charge in [-0.1, -0.05) is 41.9 Å². The third kappa shape index (κ3) is 3.97. The molecule has 1 aliphatic heterocycles. The molecule has 6 nitrogen and oxygen atoms in total. The molecule has 0 saturated heterocycles. The smallest absolute Gasteiger partial charge is 0.225 e. The molecule has 1 aliphatic rings. The number of carbonyl (C=O) groups is 1. The first-order chi connectivity index (χ1) is 13.6. The molecule has 2 aromatic carbocycles. The van der Waals surface area contributed by atoms with Crippen molar-refractivity contribution in [2.24, 2.45) is 0 Å². The molecule has 0 saturated carbocycles. The van der Waals surface area contributed by atoms with Crippen molar-refractivity contribution in [2.45, 2.75) is 19.4 Å². The molecule has 1 atom stereocenters. The molecule has 4 rings (SSSR count). The first-order valence-corrected chi connectivity index (χ1v) is 9.45. The summed E-state index contributed by atoms with van der Waals surface area (Å²) < 4.78 is 11.1. The Kier molecular flexibility index (Phi) is 5.21. The van der Waals surface area contributed by atoms with E-state index in [0.717, 1.165) is 16.8 Å². The third-order valence-corrected chi connectivity index (χ3v) is 4.77. The van der Waals surface area contributed by atoms with Gasteiger partial charge in [-0.25, -0.2) is 4.98 Å². The Hall–Kier alpha value is -2.99. The van der Waals surface area contributed by atoms with Crippen molar-refractivity contribution in [3.8, 4) is 22.8 Å². The third-order valence-electron chi connectivity index (χ3n) is 4.49. The van der Waals surface area contributed by atoms with Gasteiger partial charge in [0.1, 0.15) is 19.0 Å². The van der Waals surface area contributed by atoms with Gasteiger partial charge in [-0.15, -0.1) is 0 Å². The number of fused-ring (bicyclic) bond motifs is 1. The number of imidazole rings is 1. The van der Waals surface area contributed by atoms with E-state index in [9.17, 15) is 4.79 Å².